The lowest BCUT2D eigenvalue weighted by molar-refractivity contribution is 0.0696. The van der Waals surface area contributed by atoms with Gasteiger partial charge in [0.05, 0.1) is 11.3 Å². The Kier molecular flexibility index (Phi) is 5.45. The average molecular weight is 362 g/mol. The van der Waals surface area contributed by atoms with Crippen LogP contribution in [0.3, 0.4) is 0 Å². The predicted octanol–water partition coefficient (Wildman–Crippen LogP) is 3.71. The summed E-state index contributed by atoms with van der Waals surface area (Å²) in [5.74, 6) is -0.516. The van der Waals surface area contributed by atoms with E-state index < -0.39 is 5.97 Å². The molecular weight excluding hydrogens is 338 g/mol. The van der Waals surface area contributed by atoms with E-state index in [2.05, 4.69) is 16.9 Å². The lowest BCUT2D eigenvalue weighted by Gasteiger charge is -2.33. The van der Waals surface area contributed by atoms with Crippen molar-refractivity contribution >= 4 is 17.6 Å². The topological polar surface area (TPSA) is 58.4 Å². The van der Waals surface area contributed by atoms with Crippen molar-refractivity contribution < 1.29 is 9.90 Å². The van der Waals surface area contributed by atoms with Gasteiger partial charge in [0.2, 0.25) is 0 Å². The van der Waals surface area contributed by atoms with Crippen LogP contribution in [-0.2, 0) is 20.0 Å². The van der Waals surface area contributed by atoms with Gasteiger partial charge in [-0.2, -0.15) is 5.10 Å². The van der Waals surface area contributed by atoms with Gasteiger partial charge in [-0.05, 0) is 49.4 Å². The summed E-state index contributed by atoms with van der Waals surface area (Å²) < 4.78 is 1.74. The summed E-state index contributed by atoms with van der Waals surface area (Å²) in [6.07, 6.45) is 3.05. The van der Waals surface area contributed by atoms with Crippen LogP contribution >= 0.6 is 11.6 Å². The van der Waals surface area contributed by atoms with Gasteiger partial charge in [0, 0.05) is 25.7 Å². The number of carbonyl (C=O) groups is 1. The predicted molar refractivity (Wildman–Crippen MR) is 98.2 cm³/mol. The highest BCUT2D eigenvalue weighted by molar-refractivity contribution is 6.30. The van der Waals surface area contributed by atoms with Gasteiger partial charge in [-0.3, -0.25) is 9.58 Å². The largest absolute Gasteiger partial charge is 0.478 e. The molecule has 1 saturated heterocycles. The van der Waals surface area contributed by atoms with Gasteiger partial charge in [-0.25, -0.2) is 4.79 Å². The van der Waals surface area contributed by atoms with Crippen molar-refractivity contribution in [2.75, 3.05) is 13.1 Å². The number of aromatic carboxylic acids is 1. The quantitative estimate of drug-likeness (QED) is 0.881. The SMILES string of the molecule is CCc1nn(C)c(Cl)c1CN1CCC[C@H](c2cccc(C(=O)O)c2)C1. The third-order valence-electron chi connectivity index (χ3n) is 4.98. The molecule has 0 radical (unpaired) electrons. The lowest BCUT2D eigenvalue weighted by Crippen LogP contribution is -2.34. The summed E-state index contributed by atoms with van der Waals surface area (Å²) in [5.41, 5.74) is 3.64. The number of benzene rings is 1. The fraction of sp³-hybridized carbons (Fsp3) is 0.474. The molecule has 0 amide bonds. The summed E-state index contributed by atoms with van der Waals surface area (Å²) >= 11 is 6.43. The highest BCUT2D eigenvalue weighted by atomic mass is 35.5. The fourth-order valence-electron chi connectivity index (χ4n) is 3.66. The molecule has 0 bridgehead atoms. The number of aryl methyl sites for hydroxylation is 2. The molecule has 3 rings (SSSR count). The number of nitrogens with zero attached hydrogens (tertiary/aromatic N) is 3. The van der Waals surface area contributed by atoms with Crippen LogP contribution < -0.4 is 0 Å². The summed E-state index contributed by atoms with van der Waals surface area (Å²) in [7, 11) is 1.88. The van der Waals surface area contributed by atoms with E-state index in [1.165, 1.54) is 0 Å². The first-order chi connectivity index (χ1) is 12.0. The van der Waals surface area contributed by atoms with Crippen LogP contribution in [0.2, 0.25) is 5.15 Å². The van der Waals surface area contributed by atoms with Gasteiger partial charge in [-0.1, -0.05) is 30.7 Å². The molecule has 5 nitrogen and oxygen atoms in total. The number of hydrogen-bond donors (Lipinski definition) is 1. The third-order valence-corrected chi connectivity index (χ3v) is 5.45. The van der Waals surface area contributed by atoms with Crippen LogP contribution in [0.15, 0.2) is 24.3 Å². The highest BCUT2D eigenvalue weighted by Gasteiger charge is 2.24. The number of piperidine rings is 1. The number of carboxylic acids is 1. The van der Waals surface area contributed by atoms with Crippen LogP contribution in [0, 0.1) is 0 Å². The van der Waals surface area contributed by atoms with E-state index in [1.807, 2.05) is 25.2 Å². The Hall–Kier alpha value is -1.85. The van der Waals surface area contributed by atoms with Crippen LogP contribution in [0.25, 0.3) is 0 Å². The summed E-state index contributed by atoms with van der Waals surface area (Å²) in [5, 5.41) is 14.4. The normalized spacial score (nSPS) is 18.4. The molecule has 1 fully saturated rings. The number of aromatic nitrogens is 2. The number of rotatable bonds is 5. The molecule has 134 valence electrons. The maximum Gasteiger partial charge on any atom is 0.335 e. The van der Waals surface area contributed by atoms with Crippen LogP contribution in [0.1, 0.15) is 52.9 Å². The Morgan fingerprint density at radius 1 is 1.44 bits per heavy atom. The number of likely N-dealkylation sites (tertiary alicyclic amines) is 1. The monoisotopic (exact) mass is 361 g/mol. The molecule has 1 aliphatic rings. The van der Waals surface area contributed by atoms with E-state index in [0.29, 0.717) is 16.6 Å². The van der Waals surface area contributed by atoms with Crippen molar-refractivity contribution in [1.29, 1.82) is 0 Å². The van der Waals surface area contributed by atoms with E-state index in [4.69, 9.17) is 11.6 Å². The van der Waals surface area contributed by atoms with Crippen molar-refractivity contribution in [3.8, 4) is 0 Å². The van der Waals surface area contributed by atoms with Gasteiger partial charge in [0.15, 0.2) is 0 Å². The first kappa shape index (κ1) is 18.0. The van der Waals surface area contributed by atoms with Gasteiger partial charge in [0.25, 0.3) is 0 Å². The van der Waals surface area contributed by atoms with Gasteiger partial charge in [-0.15, -0.1) is 0 Å². The minimum absolute atomic E-state index is 0.355. The molecule has 1 atom stereocenters. The van der Waals surface area contributed by atoms with Gasteiger partial charge < -0.3 is 5.11 Å². The van der Waals surface area contributed by atoms with Gasteiger partial charge in [0.1, 0.15) is 5.15 Å². The Bertz CT molecular complexity index is 772. The molecule has 0 spiro atoms. The van der Waals surface area contributed by atoms with E-state index in [0.717, 1.165) is 55.7 Å². The summed E-state index contributed by atoms with van der Waals surface area (Å²) in [4.78, 5) is 13.6. The second-order valence-electron chi connectivity index (χ2n) is 6.70. The Morgan fingerprint density at radius 2 is 2.24 bits per heavy atom. The Balaban J connectivity index is 1.76. The van der Waals surface area contributed by atoms with Crippen LogP contribution in [0.4, 0.5) is 0 Å². The van der Waals surface area contributed by atoms with Crippen LogP contribution in [-0.4, -0.2) is 38.8 Å². The first-order valence-electron chi connectivity index (χ1n) is 8.75. The van der Waals surface area contributed by atoms with E-state index in [9.17, 15) is 9.90 Å². The van der Waals surface area contributed by atoms with Gasteiger partial charge >= 0.3 is 5.97 Å². The van der Waals surface area contributed by atoms with Crippen molar-refractivity contribution in [2.45, 2.75) is 38.6 Å². The minimum Gasteiger partial charge on any atom is -0.478 e. The van der Waals surface area contributed by atoms with E-state index >= 15 is 0 Å². The lowest BCUT2D eigenvalue weighted by atomic mass is 9.89. The Morgan fingerprint density at radius 3 is 2.96 bits per heavy atom. The summed E-state index contributed by atoms with van der Waals surface area (Å²) in [6.45, 7) is 4.84. The molecule has 1 aromatic carbocycles. The second kappa shape index (κ2) is 7.58. The van der Waals surface area contributed by atoms with E-state index in [-0.39, 0.29) is 0 Å². The van der Waals surface area contributed by atoms with Crippen LogP contribution in [0.5, 0.6) is 0 Å². The zero-order valence-electron chi connectivity index (χ0n) is 14.7. The third kappa shape index (κ3) is 3.88. The maximum absolute atomic E-state index is 11.2. The molecule has 1 aliphatic heterocycles. The van der Waals surface area contributed by atoms with Crippen molar-refractivity contribution in [1.82, 2.24) is 14.7 Å². The highest BCUT2D eigenvalue weighted by Crippen LogP contribution is 2.30. The van der Waals surface area contributed by atoms with E-state index in [1.54, 1.807) is 10.7 Å². The smallest absolute Gasteiger partial charge is 0.335 e. The first-order valence-corrected chi connectivity index (χ1v) is 9.13. The zero-order valence-corrected chi connectivity index (χ0v) is 15.5. The van der Waals surface area contributed by atoms with Crippen molar-refractivity contribution in [2.24, 2.45) is 7.05 Å². The zero-order chi connectivity index (χ0) is 18.0. The summed E-state index contributed by atoms with van der Waals surface area (Å²) in [6, 6.07) is 7.33. The molecule has 25 heavy (non-hydrogen) atoms. The number of carboxylic acid groups (broad SMARTS) is 1. The molecule has 2 heterocycles. The molecule has 6 heteroatoms. The molecular formula is C19H24ClN3O2. The molecule has 2 aromatic rings. The number of halogens is 1. The second-order valence-corrected chi connectivity index (χ2v) is 7.06. The minimum atomic E-state index is -0.871. The van der Waals surface area contributed by atoms with Crippen molar-refractivity contribution in [3.05, 3.63) is 51.8 Å². The Labute approximate surface area is 153 Å². The molecule has 0 aliphatic carbocycles. The van der Waals surface area contributed by atoms with Crippen molar-refractivity contribution in [3.63, 3.8) is 0 Å². The molecule has 1 N–H and O–H groups in total. The maximum atomic E-state index is 11.2. The standard InChI is InChI=1S/C19H24ClN3O2/c1-3-17-16(18(20)22(2)21-17)12-23-9-5-8-15(11-23)13-6-4-7-14(10-13)19(24)25/h4,6-7,10,15H,3,5,8-9,11-12H2,1-2H3,(H,24,25)/t15-/m0/s1. The molecule has 0 unspecified atom stereocenters. The fourth-order valence-corrected chi connectivity index (χ4v) is 3.87. The molecule has 0 saturated carbocycles. The average Bonchev–Trinajstić information content (AvgIpc) is 2.90. The number of hydrogen-bond acceptors (Lipinski definition) is 3. The molecule has 1 aromatic heterocycles.